The summed E-state index contributed by atoms with van der Waals surface area (Å²) in [6, 6.07) is 4.55. The van der Waals surface area contributed by atoms with Gasteiger partial charge in [0, 0.05) is 25.3 Å². The van der Waals surface area contributed by atoms with Crippen molar-refractivity contribution in [1.82, 2.24) is 10.2 Å². The molecule has 0 spiro atoms. The molecule has 0 radical (unpaired) electrons. The number of hydrogen-bond donors (Lipinski definition) is 2. The van der Waals surface area contributed by atoms with Gasteiger partial charge in [-0.1, -0.05) is 0 Å². The average Bonchev–Trinajstić information content (AvgIpc) is 2.26. The molecule has 0 aliphatic heterocycles. The number of nitrogens with one attached hydrogen (secondary N) is 1. The topological polar surface area (TPSA) is 75.4 Å². The molecule has 0 fully saturated rings. The van der Waals surface area contributed by atoms with Crippen LogP contribution in [0.15, 0.2) is 18.2 Å². The Balaban J connectivity index is 2.79. The lowest BCUT2D eigenvalue weighted by Crippen LogP contribution is -2.44. The molecule has 1 unspecified atom stereocenters. The van der Waals surface area contributed by atoms with Crippen molar-refractivity contribution < 1.29 is 9.59 Å². The summed E-state index contributed by atoms with van der Waals surface area (Å²) >= 11 is 0. The molecule has 3 N–H and O–H groups in total. The summed E-state index contributed by atoms with van der Waals surface area (Å²) in [5.74, 6) is -0.447. The minimum absolute atomic E-state index is 0.149. The van der Waals surface area contributed by atoms with E-state index in [1.54, 1.807) is 39.2 Å². The Kier molecular flexibility index (Phi) is 4.31. The molecule has 1 aromatic carbocycles. The van der Waals surface area contributed by atoms with Gasteiger partial charge in [-0.15, -0.1) is 0 Å². The predicted octanol–water partition coefficient (Wildman–Crippen LogP) is 0.784. The molecule has 0 aliphatic carbocycles. The van der Waals surface area contributed by atoms with Crippen LogP contribution in [0, 0.1) is 6.92 Å². The third kappa shape index (κ3) is 3.48. The molecule has 1 aromatic rings. The molecule has 5 heteroatoms. The van der Waals surface area contributed by atoms with Crippen molar-refractivity contribution in [2.45, 2.75) is 19.9 Å². The quantitative estimate of drug-likeness (QED) is 0.777. The average molecular weight is 249 g/mol. The highest BCUT2D eigenvalue weighted by Crippen LogP contribution is 2.11. The van der Waals surface area contributed by atoms with Gasteiger partial charge < -0.3 is 16.0 Å². The van der Waals surface area contributed by atoms with Gasteiger partial charge in [0.1, 0.15) is 6.04 Å². The maximum Gasteiger partial charge on any atom is 0.252 e. The SMILES string of the molecule is Cc1cc(N)cc(C(=O)NC(C)C(=O)N(C)C)c1. The number of carbonyl (C=O) groups is 2. The van der Waals surface area contributed by atoms with Crippen molar-refractivity contribution in [1.29, 1.82) is 0 Å². The standard InChI is InChI=1S/C13H19N3O2/c1-8-5-10(7-11(14)6-8)12(17)15-9(2)13(18)16(3)4/h5-7,9H,14H2,1-4H3,(H,15,17). The van der Waals surface area contributed by atoms with Crippen molar-refractivity contribution in [3.63, 3.8) is 0 Å². The lowest BCUT2D eigenvalue weighted by atomic mass is 10.1. The minimum Gasteiger partial charge on any atom is -0.399 e. The van der Waals surface area contributed by atoms with Crippen LogP contribution in [0.25, 0.3) is 0 Å². The van der Waals surface area contributed by atoms with Gasteiger partial charge in [0.2, 0.25) is 5.91 Å². The van der Waals surface area contributed by atoms with E-state index in [0.717, 1.165) is 5.56 Å². The van der Waals surface area contributed by atoms with Gasteiger partial charge >= 0.3 is 0 Å². The van der Waals surface area contributed by atoms with E-state index in [9.17, 15) is 9.59 Å². The Morgan fingerprint density at radius 2 is 1.89 bits per heavy atom. The number of aryl methyl sites for hydroxylation is 1. The molecule has 0 bridgehead atoms. The molecule has 18 heavy (non-hydrogen) atoms. The molecule has 1 atom stereocenters. The third-order valence-corrected chi connectivity index (χ3v) is 2.52. The highest BCUT2D eigenvalue weighted by atomic mass is 16.2. The van der Waals surface area contributed by atoms with Crippen LogP contribution < -0.4 is 11.1 Å². The van der Waals surface area contributed by atoms with E-state index < -0.39 is 6.04 Å². The summed E-state index contributed by atoms with van der Waals surface area (Å²) in [4.78, 5) is 25.0. The van der Waals surface area contributed by atoms with E-state index in [1.165, 1.54) is 4.90 Å². The van der Waals surface area contributed by atoms with Crippen molar-refractivity contribution in [3.8, 4) is 0 Å². The second-order valence-corrected chi connectivity index (χ2v) is 4.56. The molecular weight excluding hydrogens is 230 g/mol. The van der Waals surface area contributed by atoms with Gasteiger partial charge in [-0.05, 0) is 37.6 Å². The highest BCUT2D eigenvalue weighted by Gasteiger charge is 2.18. The first kappa shape index (κ1) is 14.0. The van der Waals surface area contributed by atoms with Gasteiger partial charge in [0.25, 0.3) is 5.91 Å². The first-order valence-electron chi connectivity index (χ1n) is 5.70. The van der Waals surface area contributed by atoms with Crippen LogP contribution in [-0.2, 0) is 4.79 Å². The van der Waals surface area contributed by atoms with E-state index in [0.29, 0.717) is 11.3 Å². The van der Waals surface area contributed by atoms with E-state index >= 15 is 0 Å². The monoisotopic (exact) mass is 249 g/mol. The second kappa shape index (κ2) is 5.53. The van der Waals surface area contributed by atoms with Gasteiger partial charge in [-0.2, -0.15) is 0 Å². The Morgan fingerprint density at radius 3 is 2.39 bits per heavy atom. The van der Waals surface area contributed by atoms with Crippen molar-refractivity contribution in [2.75, 3.05) is 19.8 Å². The Morgan fingerprint density at radius 1 is 1.28 bits per heavy atom. The lowest BCUT2D eigenvalue weighted by Gasteiger charge is -2.18. The van der Waals surface area contributed by atoms with Crippen LogP contribution >= 0.6 is 0 Å². The number of rotatable bonds is 3. The van der Waals surface area contributed by atoms with E-state index in [4.69, 9.17) is 5.73 Å². The molecular formula is C13H19N3O2. The predicted molar refractivity (Wildman–Crippen MR) is 71.2 cm³/mol. The molecule has 0 heterocycles. The number of nitrogens with two attached hydrogens (primary N) is 1. The second-order valence-electron chi connectivity index (χ2n) is 4.56. The molecule has 2 amide bonds. The number of likely N-dealkylation sites (N-methyl/N-ethyl adjacent to an activating group) is 1. The first-order valence-corrected chi connectivity index (χ1v) is 5.70. The molecule has 5 nitrogen and oxygen atoms in total. The zero-order chi connectivity index (χ0) is 13.9. The van der Waals surface area contributed by atoms with Gasteiger partial charge in [0.05, 0.1) is 0 Å². The molecule has 0 aliphatic rings. The fraction of sp³-hybridized carbons (Fsp3) is 0.385. The minimum atomic E-state index is -0.561. The maximum atomic E-state index is 11.9. The molecule has 0 saturated heterocycles. The number of hydrogen-bond acceptors (Lipinski definition) is 3. The van der Waals surface area contributed by atoms with E-state index in [1.807, 2.05) is 6.92 Å². The first-order chi connectivity index (χ1) is 8.31. The molecule has 98 valence electrons. The van der Waals surface area contributed by atoms with Crippen LogP contribution in [0.4, 0.5) is 5.69 Å². The maximum absolute atomic E-state index is 11.9. The van der Waals surface area contributed by atoms with Crippen molar-refractivity contribution >= 4 is 17.5 Å². The highest BCUT2D eigenvalue weighted by molar-refractivity contribution is 5.98. The summed E-state index contributed by atoms with van der Waals surface area (Å²) in [5, 5.41) is 2.65. The number of nitrogen functional groups attached to an aromatic ring is 1. The summed E-state index contributed by atoms with van der Waals surface area (Å²) in [7, 11) is 3.30. The van der Waals surface area contributed by atoms with Gasteiger partial charge in [-0.3, -0.25) is 9.59 Å². The third-order valence-electron chi connectivity index (χ3n) is 2.52. The van der Waals surface area contributed by atoms with Crippen LogP contribution in [0.1, 0.15) is 22.8 Å². The summed E-state index contributed by atoms with van der Waals surface area (Å²) in [6.07, 6.45) is 0. The Hall–Kier alpha value is -2.04. The fourth-order valence-electron chi connectivity index (χ4n) is 1.67. The molecule has 0 aromatic heterocycles. The van der Waals surface area contributed by atoms with Gasteiger partial charge in [0.15, 0.2) is 0 Å². The number of anilines is 1. The van der Waals surface area contributed by atoms with Crippen molar-refractivity contribution in [3.05, 3.63) is 29.3 Å². The fourth-order valence-corrected chi connectivity index (χ4v) is 1.67. The zero-order valence-corrected chi connectivity index (χ0v) is 11.2. The van der Waals surface area contributed by atoms with Gasteiger partial charge in [-0.25, -0.2) is 0 Å². The van der Waals surface area contributed by atoms with E-state index in [2.05, 4.69) is 5.32 Å². The molecule has 1 rings (SSSR count). The summed E-state index contributed by atoms with van der Waals surface area (Å²) in [6.45, 7) is 3.51. The number of benzene rings is 1. The number of carbonyl (C=O) groups excluding carboxylic acids is 2. The van der Waals surface area contributed by atoms with E-state index in [-0.39, 0.29) is 11.8 Å². The number of amides is 2. The van der Waals surface area contributed by atoms with Crippen LogP contribution in [-0.4, -0.2) is 36.9 Å². The summed E-state index contributed by atoms with van der Waals surface area (Å²) < 4.78 is 0. The largest absolute Gasteiger partial charge is 0.399 e. The van der Waals surface area contributed by atoms with Crippen LogP contribution in [0.3, 0.4) is 0 Å². The lowest BCUT2D eigenvalue weighted by molar-refractivity contribution is -0.130. The Labute approximate surface area is 107 Å². The Bertz CT molecular complexity index is 449. The zero-order valence-electron chi connectivity index (χ0n) is 11.2. The normalized spacial score (nSPS) is 11.8. The van der Waals surface area contributed by atoms with Crippen LogP contribution in [0.2, 0.25) is 0 Å². The number of nitrogens with zero attached hydrogens (tertiary/aromatic N) is 1. The summed E-state index contributed by atoms with van der Waals surface area (Å²) in [5.41, 5.74) is 7.59. The van der Waals surface area contributed by atoms with Crippen molar-refractivity contribution in [2.24, 2.45) is 0 Å². The van der Waals surface area contributed by atoms with Crippen LogP contribution in [0.5, 0.6) is 0 Å². The smallest absolute Gasteiger partial charge is 0.252 e. The molecule has 0 saturated carbocycles.